The standard InChI is InChI=1S/C18H21F3N4O2/c19-18(20,21)13-2-1-9-25(13)14(26)10-11-3-4-12-15(23-11)17(16(27)24-12)5-7-22-8-6-17/h3-4,13,22H,1-2,5-10H2,(H,24,27)/t13-/m0/s1. The van der Waals surface area contributed by atoms with Crippen molar-refractivity contribution in [1.29, 1.82) is 0 Å². The Kier molecular flexibility index (Phi) is 4.37. The minimum absolute atomic E-state index is 0.0542. The summed E-state index contributed by atoms with van der Waals surface area (Å²) in [6, 6.07) is 1.60. The van der Waals surface area contributed by atoms with Gasteiger partial charge in [-0.3, -0.25) is 14.6 Å². The average molecular weight is 382 g/mol. The number of halogens is 3. The van der Waals surface area contributed by atoms with Crippen LogP contribution in [0.2, 0.25) is 0 Å². The third-order valence-electron chi connectivity index (χ3n) is 5.83. The Morgan fingerprint density at radius 3 is 2.74 bits per heavy atom. The van der Waals surface area contributed by atoms with Gasteiger partial charge in [0, 0.05) is 6.54 Å². The van der Waals surface area contributed by atoms with Crippen molar-refractivity contribution in [3.63, 3.8) is 0 Å². The third kappa shape index (κ3) is 3.07. The first-order chi connectivity index (χ1) is 12.8. The van der Waals surface area contributed by atoms with Crippen molar-refractivity contribution in [2.45, 2.75) is 49.7 Å². The highest BCUT2D eigenvalue weighted by Gasteiger charge is 2.49. The molecular formula is C18H21F3N4O2. The molecule has 1 atom stereocenters. The second-order valence-electron chi connectivity index (χ2n) is 7.45. The molecule has 6 nitrogen and oxygen atoms in total. The summed E-state index contributed by atoms with van der Waals surface area (Å²) >= 11 is 0. The van der Waals surface area contributed by atoms with Crippen LogP contribution in [-0.4, -0.2) is 53.6 Å². The van der Waals surface area contributed by atoms with Crippen molar-refractivity contribution in [2.24, 2.45) is 0 Å². The maximum Gasteiger partial charge on any atom is 0.408 e. The number of carbonyl (C=O) groups is 2. The molecule has 2 N–H and O–H groups in total. The van der Waals surface area contributed by atoms with E-state index < -0.39 is 23.5 Å². The van der Waals surface area contributed by atoms with Gasteiger partial charge >= 0.3 is 6.18 Å². The first-order valence-corrected chi connectivity index (χ1v) is 9.20. The van der Waals surface area contributed by atoms with Gasteiger partial charge in [-0.15, -0.1) is 0 Å². The Labute approximate surface area is 154 Å². The van der Waals surface area contributed by atoms with Crippen molar-refractivity contribution in [3.05, 3.63) is 23.5 Å². The van der Waals surface area contributed by atoms with E-state index in [-0.39, 0.29) is 25.3 Å². The van der Waals surface area contributed by atoms with Gasteiger partial charge in [-0.25, -0.2) is 0 Å². The first-order valence-electron chi connectivity index (χ1n) is 9.20. The van der Waals surface area contributed by atoms with E-state index in [1.54, 1.807) is 12.1 Å². The quantitative estimate of drug-likeness (QED) is 0.817. The lowest BCUT2D eigenvalue weighted by atomic mass is 9.76. The largest absolute Gasteiger partial charge is 0.408 e. The van der Waals surface area contributed by atoms with E-state index >= 15 is 0 Å². The molecule has 0 radical (unpaired) electrons. The van der Waals surface area contributed by atoms with Gasteiger partial charge in [0.2, 0.25) is 11.8 Å². The van der Waals surface area contributed by atoms with E-state index in [2.05, 4.69) is 15.6 Å². The fourth-order valence-electron chi connectivity index (χ4n) is 4.39. The van der Waals surface area contributed by atoms with Crippen LogP contribution in [0.4, 0.5) is 18.9 Å². The number of hydrogen-bond acceptors (Lipinski definition) is 4. The lowest BCUT2D eigenvalue weighted by Gasteiger charge is -2.31. The Morgan fingerprint density at radius 2 is 2.04 bits per heavy atom. The smallest absolute Gasteiger partial charge is 0.330 e. The van der Waals surface area contributed by atoms with Crippen molar-refractivity contribution < 1.29 is 22.8 Å². The Hall–Kier alpha value is -2.16. The van der Waals surface area contributed by atoms with E-state index in [9.17, 15) is 22.8 Å². The van der Waals surface area contributed by atoms with Crippen molar-refractivity contribution in [3.8, 4) is 0 Å². The average Bonchev–Trinajstić information content (AvgIpc) is 3.21. The number of alkyl halides is 3. The normalized spacial score (nSPS) is 24.2. The second kappa shape index (κ2) is 6.47. The number of likely N-dealkylation sites (tertiary alicyclic amines) is 1. The Balaban J connectivity index is 1.56. The number of carbonyl (C=O) groups excluding carboxylic acids is 2. The van der Waals surface area contributed by atoms with Crippen LogP contribution in [0.15, 0.2) is 12.1 Å². The van der Waals surface area contributed by atoms with E-state index in [0.717, 1.165) is 4.90 Å². The summed E-state index contributed by atoms with van der Waals surface area (Å²) in [6.07, 6.45) is -3.09. The molecule has 0 aliphatic carbocycles. The number of nitrogens with zero attached hydrogens (tertiary/aromatic N) is 2. The van der Waals surface area contributed by atoms with Gasteiger partial charge in [-0.2, -0.15) is 13.2 Å². The second-order valence-corrected chi connectivity index (χ2v) is 7.45. The van der Waals surface area contributed by atoms with Gasteiger partial charge in [0.25, 0.3) is 0 Å². The predicted octanol–water partition coefficient (Wildman–Crippen LogP) is 1.75. The number of pyridine rings is 1. The van der Waals surface area contributed by atoms with Crippen LogP contribution < -0.4 is 10.6 Å². The maximum absolute atomic E-state index is 13.1. The first kappa shape index (κ1) is 18.2. The lowest BCUT2D eigenvalue weighted by molar-refractivity contribution is -0.182. The summed E-state index contributed by atoms with van der Waals surface area (Å²) in [6.45, 7) is 1.50. The number of piperidine rings is 1. The van der Waals surface area contributed by atoms with E-state index in [4.69, 9.17) is 0 Å². The number of aromatic nitrogens is 1. The zero-order valence-corrected chi connectivity index (χ0v) is 14.7. The van der Waals surface area contributed by atoms with Crippen LogP contribution in [-0.2, 0) is 21.4 Å². The van der Waals surface area contributed by atoms with E-state index in [1.165, 1.54) is 0 Å². The van der Waals surface area contributed by atoms with E-state index in [1.807, 2.05) is 0 Å². The SMILES string of the molecule is O=C(Cc1ccc2c(n1)C1(CCNCC1)C(=O)N2)N1CCC[C@H]1C(F)(F)F. The molecule has 2 saturated heterocycles. The molecule has 0 bridgehead atoms. The molecule has 0 unspecified atom stereocenters. The molecule has 9 heteroatoms. The molecule has 1 aromatic rings. The fourth-order valence-corrected chi connectivity index (χ4v) is 4.39. The van der Waals surface area contributed by atoms with Gasteiger partial charge in [-0.05, 0) is 50.9 Å². The van der Waals surface area contributed by atoms with Crippen LogP contribution in [0, 0.1) is 0 Å². The van der Waals surface area contributed by atoms with Crippen molar-refractivity contribution in [2.75, 3.05) is 25.0 Å². The van der Waals surface area contributed by atoms with Crippen molar-refractivity contribution >= 4 is 17.5 Å². The molecule has 4 heterocycles. The molecule has 3 aliphatic heterocycles. The number of nitrogens with one attached hydrogen (secondary N) is 2. The van der Waals surface area contributed by atoms with Crippen LogP contribution in [0.3, 0.4) is 0 Å². The molecule has 4 rings (SSSR count). The van der Waals surface area contributed by atoms with Crippen LogP contribution in [0.1, 0.15) is 37.1 Å². The molecule has 0 aromatic carbocycles. The Bertz CT molecular complexity index is 774. The van der Waals surface area contributed by atoms with Gasteiger partial charge < -0.3 is 15.5 Å². The summed E-state index contributed by atoms with van der Waals surface area (Å²) in [5.41, 5.74) is 0.948. The molecule has 2 amide bonds. The number of hydrogen-bond donors (Lipinski definition) is 2. The number of amides is 2. The zero-order valence-electron chi connectivity index (χ0n) is 14.7. The predicted molar refractivity (Wildman–Crippen MR) is 91.1 cm³/mol. The topological polar surface area (TPSA) is 74.3 Å². The highest BCUT2D eigenvalue weighted by Crippen LogP contribution is 2.42. The van der Waals surface area contributed by atoms with Crippen LogP contribution in [0.25, 0.3) is 0 Å². The Morgan fingerprint density at radius 1 is 1.30 bits per heavy atom. The molecule has 27 heavy (non-hydrogen) atoms. The fraction of sp³-hybridized carbons (Fsp3) is 0.611. The van der Waals surface area contributed by atoms with Crippen LogP contribution in [0.5, 0.6) is 0 Å². The maximum atomic E-state index is 13.1. The molecule has 1 spiro atoms. The van der Waals surface area contributed by atoms with Gasteiger partial charge in [0.05, 0.1) is 28.9 Å². The zero-order chi connectivity index (χ0) is 19.2. The van der Waals surface area contributed by atoms with Crippen LogP contribution >= 0.6 is 0 Å². The third-order valence-corrected chi connectivity index (χ3v) is 5.83. The molecule has 3 aliphatic rings. The van der Waals surface area contributed by atoms with Gasteiger partial charge in [-0.1, -0.05) is 0 Å². The summed E-state index contributed by atoms with van der Waals surface area (Å²) in [5.74, 6) is -0.662. The lowest BCUT2D eigenvalue weighted by Crippen LogP contribution is -2.45. The van der Waals surface area contributed by atoms with E-state index in [0.29, 0.717) is 49.4 Å². The molecule has 1 aromatic heterocycles. The molecule has 2 fully saturated rings. The summed E-state index contributed by atoms with van der Waals surface area (Å²) < 4.78 is 39.3. The summed E-state index contributed by atoms with van der Waals surface area (Å²) in [5, 5.41) is 6.06. The monoisotopic (exact) mass is 382 g/mol. The minimum Gasteiger partial charge on any atom is -0.330 e. The van der Waals surface area contributed by atoms with Crippen molar-refractivity contribution in [1.82, 2.24) is 15.2 Å². The number of anilines is 1. The highest BCUT2D eigenvalue weighted by atomic mass is 19.4. The molecule has 146 valence electrons. The molecular weight excluding hydrogens is 361 g/mol. The number of rotatable bonds is 2. The summed E-state index contributed by atoms with van der Waals surface area (Å²) in [7, 11) is 0. The van der Waals surface area contributed by atoms with Gasteiger partial charge in [0.1, 0.15) is 6.04 Å². The van der Waals surface area contributed by atoms with Gasteiger partial charge in [0.15, 0.2) is 0 Å². The molecule has 0 saturated carbocycles. The number of fused-ring (bicyclic) bond motifs is 2. The minimum atomic E-state index is -4.41. The summed E-state index contributed by atoms with van der Waals surface area (Å²) in [4.78, 5) is 30.5. The highest BCUT2D eigenvalue weighted by molar-refractivity contribution is 6.05.